The Morgan fingerprint density at radius 3 is 2.57 bits per heavy atom. The van der Waals surface area contributed by atoms with E-state index in [9.17, 15) is 0 Å². The maximum Gasteiger partial charge on any atom is 0.105 e. The molecule has 0 amide bonds. The zero-order chi connectivity index (χ0) is 15.3. The fraction of sp³-hybridized carbons (Fsp3) is 0.800. The molecule has 1 rings (SSSR count). The molecule has 0 bridgehead atoms. The lowest BCUT2D eigenvalue weighted by Crippen LogP contribution is -2.19. The second kappa shape index (κ2) is 11.7. The van der Waals surface area contributed by atoms with Crippen LogP contribution in [0.2, 0.25) is 0 Å². The van der Waals surface area contributed by atoms with Crippen LogP contribution >= 0.6 is 0 Å². The first-order chi connectivity index (χ1) is 10.3. The molecule has 0 aromatic carbocycles. The maximum atomic E-state index is 5.59. The molecule has 1 aromatic rings. The molecule has 0 saturated heterocycles. The van der Waals surface area contributed by atoms with E-state index in [1.165, 1.54) is 5.69 Å². The Bertz CT molecular complexity index is 369. The highest BCUT2D eigenvalue weighted by Crippen LogP contribution is 2.04. The van der Waals surface area contributed by atoms with Crippen molar-refractivity contribution in [1.82, 2.24) is 14.9 Å². The topological polar surface area (TPSA) is 57.5 Å². The van der Waals surface area contributed by atoms with Crippen molar-refractivity contribution in [3.05, 3.63) is 17.7 Å². The van der Waals surface area contributed by atoms with Crippen LogP contribution in [0.15, 0.2) is 6.20 Å². The van der Waals surface area contributed by atoms with Gasteiger partial charge >= 0.3 is 0 Å². The third-order valence-electron chi connectivity index (χ3n) is 3.13. The van der Waals surface area contributed by atoms with E-state index in [2.05, 4.69) is 21.8 Å². The molecule has 0 aliphatic heterocycles. The second-order valence-corrected chi connectivity index (χ2v) is 4.84. The molecule has 1 heterocycles. The first-order valence-corrected chi connectivity index (χ1v) is 7.65. The summed E-state index contributed by atoms with van der Waals surface area (Å²) in [5, 5.41) is 3.40. The van der Waals surface area contributed by atoms with Gasteiger partial charge in [-0.2, -0.15) is 0 Å². The van der Waals surface area contributed by atoms with Gasteiger partial charge in [0.15, 0.2) is 0 Å². The number of ether oxygens (including phenoxy) is 3. The molecule has 0 aliphatic rings. The van der Waals surface area contributed by atoms with Gasteiger partial charge in [-0.05, 0) is 19.9 Å². The van der Waals surface area contributed by atoms with Gasteiger partial charge in [0.1, 0.15) is 5.82 Å². The Balaban J connectivity index is 2.17. The Kier molecular flexibility index (Phi) is 10.1. The van der Waals surface area contributed by atoms with Gasteiger partial charge in [-0.15, -0.1) is 0 Å². The van der Waals surface area contributed by atoms with E-state index in [4.69, 9.17) is 14.2 Å². The van der Waals surface area contributed by atoms with Crippen LogP contribution in [0, 0.1) is 6.92 Å². The van der Waals surface area contributed by atoms with Gasteiger partial charge in [-0.3, -0.25) is 0 Å². The first kappa shape index (κ1) is 18.1. The minimum Gasteiger partial charge on any atom is -0.382 e. The lowest BCUT2D eigenvalue weighted by Gasteiger charge is -2.11. The Hall–Kier alpha value is -0.950. The SMILES string of the molecule is CCCNCc1cnc(C)n1CCOCCOCCOC. The standard InChI is InChI=1S/C15H29N3O3/c1-4-5-16-12-15-13-17-14(2)18(15)6-7-20-10-11-21-9-8-19-3/h13,16H,4-12H2,1-3H3. The summed E-state index contributed by atoms with van der Waals surface area (Å²) < 4.78 is 18.0. The molecule has 1 aromatic heterocycles. The van der Waals surface area contributed by atoms with Crippen LogP contribution in [0.4, 0.5) is 0 Å². The fourth-order valence-corrected chi connectivity index (χ4v) is 1.97. The van der Waals surface area contributed by atoms with Gasteiger partial charge in [-0.25, -0.2) is 4.98 Å². The molecule has 0 spiro atoms. The molecule has 21 heavy (non-hydrogen) atoms. The quantitative estimate of drug-likeness (QED) is 0.558. The molecule has 0 saturated carbocycles. The minimum atomic E-state index is 0.608. The summed E-state index contributed by atoms with van der Waals surface area (Å²) in [6.45, 7) is 10.0. The Morgan fingerprint density at radius 2 is 1.86 bits per heavy atom. The Labute approximate surface area is 127 Å². The normalized spacial score (nSPS) is 11.2. The molecule has 1 N–H and O–H groups in total. The molecular formula is C15H29N3O3. The summed E-state index contributed by atoms with van der Waals surface area (Å²) >= 11 is 0. The van der Waals surface area contributed by atoms with Crippen molar-refractivity contribution in [3.63, 3.8) is 0 Å². The van der Waals surface area contributed by atoms with Crippen molar-refractivity contribution in [2.45, 2.75) is 33.4 Å². The third-order valence-corrected chi connectivity index (χ3v) is 3.13. The highest BCUT2D eigenvalue weighted by molar-refractivity contribution is 5.04. The predicted molar refractivity (Wildman–Crippen MR) is 82.5 cm³/mol. The van der Waals surface area contributed by atoms with Gasteiger partial charge in [0.25, 0.3) is 0 Å². The van der Waals surface area contributed by atoms with Crippen LogP contribution in [0.3, 0.4) is 0 Å². The molecule has 6 nitrogen and oxygen atoms in total. The number of aryl methyl sites for hydroxylation is 1. The molecule has 0 atom stereocenters. The summed E-state index contributed by atoms with van der Waals surface area (Å²) in [5.41, 5.74) is 1.21. The molecule has 0 fully saturated rings. The Morgan fingerprint density at radius 1 is 1.14 bits per heavy atom. The monoisotopic (exact) mass is 299 g/mol. The average Bonchev–Trinajstić information content (AvgIpc) is 2.83. The van der Waals surface area contributed by atoms with Crippen LogP contribution in [-0.4, -0.2) is 56.2 Å². The van der Waals surface area contributed by atoms with Crippen LogP contribution in [0.25, 0.3) is 0 Å². The van der Waals surface area contributed by atoms with E-state index < -0.39 is 0 Å². The lowest BCUT2D eigenvalue weighted by atomic mass is 10.4. The van der Waals surface area contributed by atoms with E-state index in [1.54, 1.807) is 7.11 Å². The molecule has 6 heteroatoms. The number of nitrogens with zero attached hydrogens (tertiary/aromatic N) is 2. The number of imidazole rings is 1. The van der Waals surface area contributed by atoms with Gasteiger partial charge in [0.05, 0.1) is 38.7 Å². The average molecular weight is 299 g/mol. The fourth-order valence-electron chi connectivity index (χ4n) is 1.97. The van der Waals surface area contributed by atoms with Gasteiger partial charge in [-0.1, -0.05) is 6.92 Å². The van der Waals surface area contributed by atoms with Crippen LogP contribution in [0.5, 0.6) is 0 Å². The van der Waals surface area contributed by atoms with E-state index in [0.717, 1.165) is 31.9 Å². The van der Waals surface area contributed by atoms with Crippen molar-refractivity contribution < 1.29 is 14.2 Å². The third kappa shape index (κ3) is 7.57. The van der Waals surface area contributed by atoms with Gasteiger partial charge < -0.3 is 24.1 Å². The van der Waals surface area contributed by atoms with Gasteiger partial charge in [0.2, 0.25) is 0 Å². The van der Waals surface area contributed by atoms with Crippen molar-refractivity contribution in [2.75, 3.05) is 46.7 Å². The van der Waals surface area contributed by atoms with E-state index in [0.29, 0.717) is 33.0 Å². The van der Waals surface area contributed by atoms with Crippen molar-refractivity contribution in [2.24, 2.45) is 0 Å². The van der Waals surface area contributed by atoms with E-state index in [-0.39, 0.29) is 0 Å². The molecule has 0 aliphatic carbocycles. The maximum absolute atomic E-state index is 5.59. The number of hydrogen-bond acceptors (Lipinski definition) is 5. The minimum absolute atomic E-state index is 0.608. The predicted octanol–water partition coefficient (Wildman–Crippen LogP) is 1.37. The molecule has 0 unspecified atom stereocenters. The summed E-state index contributed by atoms with van der Waals surface area (Å²) in [7, 11) is 1.67. The smallest absolute Gasteiger partial charge is 0.105 e. The summed E-state index contributed by atoms with van der Waals surface area (Å²) in [5.74, 6) is 1.03. The second-order valence-electron chi connectivity index (χ2n) is 4.84. The first-order valence-electron chi connectivity index (χ1n) is 7.65. The van der Waals surface area contributed by atoms with Crippen LogP contribution in [-0.2, 0) is 27.3 Å². The molecular weight excluding hydrogens is 270 g/mol. The summed E-state index contributed by atoms with van der Waals surface area (Å²) in [6.07, 6.45) is 3.07. The number of hydrogen-bond donors (Lipinski definition) is 1. The summed E-state index contributed by atoms with van der Waals surface area (Å²) in [4.78, 5) is 4.37. The molecule has 0 radical (unpaired) electrons. The number of methoxy groups -OCH3 is 1. The van der Waals surface area contributed by atoms with Gasteiger partial charge in [0, 0.05) is 26.4 Å². The van der Waals surface area contributed by atoms with Crippen LogP contribution < -0.4 is 5.32 Å². The number of rotatable bonds is 13. The van der Waals surface area contributed by atoms with Crippen molar-refractivity contribution in [3.8, 4) is 0 Å². The lowest BCUT2D eigenvalue weighted by molar-refractivity contribution is 0.0228. The summed E-state index contributed by atoms with van der Waals surface area (Å²) in [6, 6.07) is 0. The zero-order valence-corrected chi connectivity index (χ0v) is 13.6. The van der Waals surface area contributed by atoms with E-state index >= 15 is 0 Å². The zero-order valence-electron chi connectivity index (χ0n) is 13.6. The van der Waals surface area contributed by atoms with Crippen LogP contribution in [0.1, 0.15) is 24.9 Å². The number of nitrogens with one attached hydrogen (secondary N) is 1. The highest BCUT2D eigenvalue weighted by atomic mass is 16.5. The number of aromatic nitrogens is 2. The molecule has 122 valence electrons. The highest BCUT2D eigenvalue weighted by Gasteiger charge is 2.05. The van der Waals surface area contributed by atoms with E-state index in [1.807, 2.05) is 13.1 Å². The van der Waals surface area contributed by atoms with Crippen molar-refractivity contribution in [1.29, 1.82) is 0 Å². The van der Waals surface area contributed by atoms with Crippen molar-refractivity contribution >= 4 is 0 Å². The largest absolute Gasteiger partial charge is 0.382 e.